The van der Waals surface area contributed by atoms with Crippen LogP contribution < -0.4 is 10.6 Å². The first-order valence-corrected chi connectivity index (χ1v) is 9.53. The number of hydrogen-bond donors (Lipinski definition) is 2. The van der Waals surface area contributed by atoms with Crippen LogP contribution in [0.4, 0.5) is 4.79 Å². The van der Waals surface area contributed by atoms with Crippen molar-refractivity contribution < 1.29 is 9.53 Å². The van der Waals surface area contributed by atoms with Crippen molar-refractivity contribution in [1.82, 2.24) is 10.6 Å². The molecule has 4 fully saturated rings. The maximum absolute atomic E-state index is 12.4. The van der Waals surface area contributed by atoms with Crippen molar-refractivity contribution in [2.24, 2.45) is 23.7 Å². The van der Waals surface area contributed by atoms with Gasteiger partial charge in [0.15, 0.2) is 0 Å². The topological polar surface area (TPSA) is 50.4 Å². The van der Waals surface area contributed by atoms with E-state index in [9.17, 15) is 4.79 Å². The Bertz CT molecular complexity index is 603. The third kappa shape index (κ3) is 2.52. The van der Waals surface area contributed by atoms with E-state index in [1.54, 1.807) is 0 Å². The molecule has 4 aliphatic rings. The average Bonchev–Trinajstić information content (AvgIpc) is 2.99. The smallest absolute Gasteiger partial charge is 0.315 e. The van der Waals surface area contributed by atoms with Crippen LogP contribution in [0.1, 0.15) is 43.8 Å². The Balaban J connectivity index is 1.14. The van der Waals surface area contributed by atoms with Crippen molar-refractivity contribution in [1.29, 1.82) is 0 Å². The summed E-state index contributed by atoms with van der Waals surface area (Å²) in [5.74, 6) is 3.38. The van der Waals surface area contributed by atoms with Gasteiger partial charge in [-0.3, -0.25) is 0 Å². The Hall–Kier alpha value is -1.55. The average molecular weight is 326 g/mol. The number of carbonyl (C=O) groups excluding carboxylic acids is 1. The van der Waals surface area contributed by atoms with E-state index in [-0.39, 0.29) is 18.2 Å². The van der Waals surface area contributed by atoms with Gasteiger partial charge in [0.05, 0.1) is 6.10 Å². The molecule has 2 N–H and O–H groups in total. The summed E-state index contributed by atoms with van der Waals surface area (Å²) in [6.07, 6.45) is 6.07. The molecular weight excluding hydrogens is 300 g/mol. The number of hydrogen-bond acceptors (Lipinski definition) is 2. The third-order valence-corrected chi connectivity index (χ3v) is 6.82. The highest BCUT2D eigenvalue weighted by molar-refractivity contribution is 5.75. The van der Waals surface area contributed by atoms with Crippen LogP contribution in [-0.4, -0.2) is 24.7 Å². The molecule has 24 heavy (non-hydrogen) atoms. The van der Waals surface area contributed by atoms with Crippen molar-refractivity contribution in [3.63, 3.8) is 0 Å². The molecule has 4 heteroatoms. The number of ether oxygens (including phenoxy) is 1. The monoisotopic (exact) mass is 326 g/mol. The molecule has 0 unspecified atom stereocenters. The first-order chi connectivity index (χ1) is 11.8. The summed E-state index contributed by atoms with van der Waals surface area (Å²) in [5, 5.41) is 6.47. The second kappa shape index (κ2) is 5.76. The zero-order chi connectivity index (χ0) is 16.1. The van der Waals surface area contributed by atoms with Gasteiger partial charge >= 0.3 is 6.03 Å². The summed E-state index contributed by atoms with van der Waals surface area (Å²) < 4.78 is 5.89. The van der Waals surface area contributed by atoms with E-state index >= 15 is 0 Å². The van der Waals surface area contributed by atoms with Gasteiger partial charge in [-0.1, -0.05) is 30.3 Å². The Labute approximate surface area is 143 Å². The van der Waals surface area contributed by atoms with E-state index in [0.717, 1.165) is 36.5 Å². The van der Waals surface area contributed by atoms with Gasteiger partial charge in [-0.25, -0.2) is 4.79 Å². The number of urea groups is 1. The Kier molecular flexibility index (Phi) is 3.55. The van der Waals surface area contributed by atoms with Crippen molar-refractivity contribution in [3.8, 4) is 0 Å². The van der Waals surface area contributed by atoms with E-state index in [0.29, 0.717) is 12.6 Å². The van der Waals surface area contributed by atoms with Gasteiger partial charge in [0.2, 0.25) is 0 Å². The normalized spacial score (nSPS) is 42.4. The summed E-state index contributed by atoms with van der Waals surface area (Å²) in [5.41, 5.74) is 1.21. The molecule has 128 valence electrons. The summed E-state index contributed by atoms with van der Waals surface area (Å²) in [6.45, 7) is 0.712. The number of nitrogens with one attached hydrogen (secondary N) is 2. The SMILES string of the molecule is O=C(NC1[C@H]2[C@H]3CC[C@@H](C3)[C@H]12)N[C@@H]1CCO[C@H](c2ccccc2)C1. The molecule has 1 saturated heterocycles. The lowest BCUT2D eigenvalue weighted by Crippen LogP contribution is -2.46. The van der Waals surface area contributed by atoms with Gasteiger partial charge < -0.3 is 15.4 Å². The largest absolute Gasteiger partial charge is 0.373 e. The standard InChI is InChI=1S/C20H26N2O2/c23-20(22-19-17-13-6-7-14(10-13)18(17)19)21-15-8-9-24-16(11-15)12-4-2-1-3-5-12/h1-5,13-19H,6-11H2,(H2,21,22,23)/t13-,14-,15+,16-,17-,18-/m0/s1. The predicted octanol–water partition coefficient (Wildman–Crippen LogP) is 3.25. The highest BCUT2D eigenvalue weighted by atomic mass is 16.5. The zero-order valence-electron chi connectivity index (χ0n) is 14.0. The van der Waals surface area contributed by atoms with Gasteiger partial charge in [-0.2, -0.15) is 0 Å². The quantitative estimate of drug-likeness (QED) is 0.896. The number of rotatable bonds is 3. The molecule has 1 aromatic rings. The van der Waals surface area contributed by atoms with Crippen LogP contribution >= 0.6 is 0 Å². The maximum Gasteiger partial charge on any atom is 0.315 e. The zero-order valence-corrected chi connectivity index (χ0v) is 14.0. The first-order valence-electron chi connectivity index (χ1n) is 9.53. The molecule has 1 aliphatic heterocycles. The van der Waals surface area contributed by atoms with Crippen LogP contribution in [0.5, 0.6) is 0 Å². The number of amides is 2. The molecule has 5 rings (SSSR count). The van der Waals surface area contributed by atoms with Gasteiger partial charge in [0.25, 0.3) is 0 Å². The van der Waals surface area contributed by atoms with Crippen LogP contribution in [0.15, 0.2) is 30.3 Å². The fourth-order valence-corrected chi connectivity index (χ4v) is 5.72. The van der Waals surface area contributed by atoms with Gasteiger partial charge in [0.1, 0.15) is 0 Å². The minimum absolute atomic E-state index is 0.0347. The molecule has 0 spiro atoms. The third-order valence-electron chi connectivity index (χ3n) is 6.82. The second-order valence-corrected chi connectivity index (χ2v) is 8.12. The number of carbonyl (C=O) groups is 1. The fraction of sp³-hybridized carbons (Fsp3) is 0.650. The minimum atomic E-state index is 0.0347. The van der Waals surface area contributed by atoms with Gasteiger partial charge in [-0.15, -0.1) is 0 Å². The Morgan fingerprint density at radius 1 is 0.958 bits per heavy atom. The molecule has 2 amide bonds. The van der Waals surface area contributed by atoms with E-state index < -0.39 is 0 Å². The molecule has 6 atom stereocenters. The first kappa shape index (κ1) is 14.8. The van der Waals surface area contributed by atoms with Crippen molar-refractivity contribution >= 4 is 6.03 Å². The van der Waals surface area contributed by atoms with Crippen molar-refractivity contribution in [2.75, 3.05) is 6.61 Å². The molecule has 1 heterocycles. The summed E-state index contributed by atoms with van der Waals surface area (Å²) >= 11 is 0. The van der Waals surface area contributed by atoms with Crippen LogP contribution in [0.2, 0.25) is 0 Å². The van der Waals surface area contributed by atoms with E-state index in [1.165, 1.54) is 24.8 Å². The minimum Gasteiger partial charge on any atom is -0.373 e. The van der Waals surface area contributed by atoms with Crippen molar-refractivity contribution in [3.05, 3.63) is 35.9 Å². The van der Waals surface area contributed by atoms with Crippen LogP contribution in [-0.2, 0) is 4.74 Å². The summed E-state index contributed by atoms with van der Waals surface area (Å²) in [6, 6.07) is 11.0. The highest BCUT2D eigenvalue weighted by Crippen LogP contribution is 2.65. The molecule has 0 aromatic heterocycles. The molecule has 3 saturated carbocycles. The number of fused-ring (bicyclic) bond motifs is 5. The second-order valence-electron chi connectivity index (χ2n) is 8.12. The molecule has 0 radical (unpaired) electrons. The summed E-state index contributed by atoms with van der Waals surface area (Å²) in [4.78, 5) is 12.4. The molecule has 4 nitrogen and oxygen atoms in total. The van der Waals surface area contributed by atoms with Crippen molar-refractivity contribution in [2.45, 2.75) is 50.3 Å². The lowest BCUT2D eigenvalue weighted by molar-refractivity contribution is 0.00224. The molecular formula is C20H26N2O2. The van der Waals surface area contributed by atoms with Crippen LogP contribution in [0, 0.1) is 23.7 Å². The molecule has 3 aliphatic carbocycles. The molecule has 1 aromatic carbocycles. The van der Waals surface area contributed by atoms with E-state index in [2.05, 4.69) is 22.8 Å². The molecule has 2 bridgehead atoms. The lowest BCUT2D eigenvalue weighted by atomic mass is 9.97. The Morgan fingerprint density at radius 2 is 1.71 bits per heavy atom. The van der Waals surface area contributed by atoms with Crippen LogP contribution in [0.3, 0.4) is 0 Å². The van der Waals surface area contributed by atoms with Gasteiger partial charge in [-0.05, 0) is 61.3 Å². The maximum atomic E-state index is 12.4. The van der Waals surface area contributed by atoms with Crippen LogP contribution in [0.25, 0.3) is 0 Å². The highest BCUT2D eigenvalue weighted by Gasteiger charge is 2.65. The van der Waals surface area contributed by atoms with Gasteiger partial charge in [0, 0.05) is 18.7 Å². The fourth-order valence-electron chi connectivity index (χ4n) is 5.72. The summed E-state index contributed by atoms with van der Waals surface area (Å²) in [7, 11) is 0. The lowest BCUT2D eigenvalue weighted by Gasteiger charge is -2.30. The van der Waals surface area contributed by atoms with E-state index in [1.807, 2.05) is 18.2 Å². The predicted molar refractivity (Wildman–Crippen MR) is 91.4 cm³/mol. The number of benzene rings is 1. The Morgan fingerprint density at radius 3 is 2.46 bits per heavy atom. The van der Waals surface area contributed by atoms with E-state index in [4.69, 9.17) is 4.74 Å².